The summed E-state index contributed by atoms with van der Waals surface area (Å²) in [7, 11) is 2.47. The minimum atomic E-state index is -1.44. The zero-order valence-corrected chi connectivity index (χ0v) is 24.6. The number of nitrogens with zero attached hydrogens (tertiary/aromatic N) is 1. The first-order valence-electron chi connectivity index (χ1n) is 13.2. The fourth-order valence-corrected chi connectivity index (χ4v) is 3.93. The topological polar surface area (TPSA) is 217 Å². The number of esters is 1. The second-order valence-corrected chi connectivity index (χ2v) is 9.07. The molecule has 3 aromatic carbocycles. The summed E-state index contributed by atoms with van der Waals surface area (Å²) in [5.74, 6) is -8.24. The lowest BCUT2D eigenvalue weighted by atomic mass is 10.1. The van der Waals surface area contributed by atoms with Crippen molar-refractivity contribution in [2.45, 2.75) is 6.92 Å². The molecule has 0 aliphatic rings. The van der Waals surface area contributed by atoms with Gasteiger partial charge in [-0.25, -0.2) is 4.79 Å². The highest BCUT2D eigenvalue weighted by Gasteiger charge is 2.29. The number of hydrogen-bond donors (Lipinski definition) is 6. The summed E-state index contributed by atoms with van der Waals surface area (Å²) in [5, 5.41) is 27.6. The number of aromatic hydroxyl groups is 1. The number of nitrogen functional groups attached to an aromatic ring is 1. The highest BCUT2D eigenvalue weighted by molar-refractivity contribution is 5.98. The number of anilines is 1. The van der Waals surface area contributed by atoms with Crippen molar-refractivity contribution in [3.8, 4) is 52.0 Å². The fourth-order valence-electron chi connectivity index (χ4n) is 3.93. The number of guanidine groups is 1. The summed E-state index contributed by atoms with van der Waals surface area (Å²) in [6, 6.07) is 11.8. The third kappa shape index (κ3) is 7.24. The second kappa shape index (κ2) is 14.0. The first-order chi connectivity index (χ1) is 21.9. The van der Waals surface area contributed by atoms with Gasteiger partial charge in [-0.1, -0.05) is 6.07 Å². The van der Waals surface area contributed by atoms with Crippen LogP contribution in [0.1, 0.15) is 22.8 Å². The predicted octanol–water partition coefficient (Wildman–Crippen LogP) is 5.23. The van der Waals surface area contributed by atoms with Crippen LogP contribution in [0.2, 0.25) is 0 Å². The Balaban J connectivity index is 1.86. The molecule has 0 saturated carbocycles. The molecule has 0 unspecified atom stereocenters. The number of methoxy groups -OCH3 is 2. The van der Waals surface area contributed by atoms with Crippen molar-refractivity contribution in [3.63, 3.8) is 0 Å². The molecule has 46 heavy (non-hydrogen) atoms. The standard InChI is InChI=1S/C30H28F2N6O8/c1-4-43-29(40)14-10-20(41-2)24(21(11-14)42-3)46-25-22(31)27(44-16-7-5-6-15(12-16)37-30(35)36)38-28(23(25)32)45-17-8-9-19(39)18(13-17)26(33)34/h5-13,39H,4H2,1-3H3,(H3,33,34)(H4,35,36,37). The number of halogens is 2. The number of aromatic nitrogens is 1. The SMILES string of the molecule is CCOC(=O)c1cc(OC)c(Oc2c(F)c(Oc3cccc(NC(=N)N)c3)nc(Oc3ccc(O)c(C(=N)N)c3)c2F)c(OC)c1. The Morgan fingerprint density at radius 3 is 2.04 bits per heavy atom. The van der Waals surface area contributed by atoms with Crippen LogP contribution < -0.4 is 40.5 Å². The molecule has 0 aliphatic carbocycles. The van der Waals surface area contributed by atoms with E-state index in [1.165, 1.54) is 50.6 Å². The molecule has 14 nitrogen and oxygen atoms in total. The van der Waals surface area contributed by atoms with Crippen LogP contribution in [0.4, 0.5) is 14.5 Å². The summed E-state index contributed by atoms with van der Waals surface area (Å²) in [5.41, 5.74) is 11.1. The first-order valence-corrected chi connectivity index (χ1v) is 13.2. The van der Waals surface area contributed by atoms with Gasteiger partial charge in [0.2, 0.25) is 23.1 Å². The summed E-state index contributed by atoms with van der Waals surface area (Å²) in [6.45, 7) is 1.71. The largest absolute Gasteiger partial charge is 0.507 e. The van der Waals surface area contributed by atoms with Crippen LogP contribution in [0, 0.1) is 22.5 Å². The van der Waals surface area contributed by atoms with Crippen molar-refractivity contribution >= 4 is 23.5 Å². The molecule has 0 spiro atoms. The first kappa shape index (κ1) is 32.6. The van der Waals surface area contributed by atoms with Crippen molar-refractivity contribution in [3.05, 3.63) is 77.4 Å². The summed E-state index contributed by atoms with van der Waals surface area (Å²) >= 11 is 0. The molecular weight excluding hydrogens is 610 g/mol. The van der Waals surface area contributed by atoms with Gasteiger partial charge in [-0.2, -0.15) is 13.8 Å². The predicted molar refractivity (Wildman–Crippen MR) is 161 cm³/mol. The Morgan fingerprint density at radius 1 is 0.891 bits per heavy atom. The van der Waals surface area contributed by atoms with Crippen molar-refractivity contribution in [2.24, 2.45) is 11.5 Å². The van der Waals surface area contributed by atoms with E-state index in [4.69, 9.17) is 50.7 Å². The van der Waals surface area contributed by atoms with Gasteiger partial charge < -0.3 is 50.3 Å². The summed E-state index contributed by atoms with van der Waals surface area (Å²) in [6.07, 6.45) is 0. The van der Waals surface area contributed by atoms with Crippen LogP contribution in [0.3, 0.4) is 0 Å². The highest BCUT2D eigenvalue weighted by atomic mass is 19.1. The molecule has 0 aliphatic heterocycles. The van der Waals surface area contributed by atoms with Gasteiger partial charge in [-0.05, 0) is 49.4 Å². The summed E-state index contributed by atoms with van der Waals surface area (Å²) < 4.78 is 64.6. The Bertz CT molecular complexity index is 1800. The number of carbonyl (C=O) groups is 1. The number of amidine groups is 1. The molecule has 0 fully saturated rings. The Hall–Kier alpha value is -6.32. The number of benzene rings is 3. The monoisotopic (exact) mass is 638 g/mol. The van der Waals surface area contributed by atoms with Gasteiger partial charge in [-0.15, -0.1) is 0 Å². The van der Waals surface area contributed by atoms with E-state index in [1.54, 1.807) is 13.0 Å². The smallest absolute Gasteiger partial charge is 0.338 e. The lowest BCUT2D eigenvalue weighted by molar-refractivity contribution is 0.0525. The third-order valence-corrected chi connectivity index (χ3v) is 5.95. The number of rotatable bonds is 12. The summed E-state index contributed by atoms with van der Waals surface area (Å²) in [4.78, 5) is 16.2. The van der Waals surface area contributed by atoms with Gasteiger partial charge in [0.25, 0.3) is 11.8 Å². The fraction of sp³-hybridized carbons (Fsp3) is 0.133. The Morgan fingerprint density at radius 2 is 1.50 bits per heavy atom. The zero-order chi connectivity index (χ0) is 33.5. The Labute approximate surface area is 260 Å². The van der Waals surface area contributed by atoms with Crippen LogP contribution >= 0.6 is 0 Å². The molecular formula is C30H28F2N6O8. The minimum absolute atomic E-state index is 0.00129. The number of phenols is 1. The molecule has 0 bridgehead atoms. The normalized spacial score (nSPS) is 10.5. The molecule has 4 aromatic rings. The van der Waals surface area contributed by atoms with Gasteiger partial charge >= 0.3 is 5.97 Å². The number of hydrogen-bond acceptors (Lipinski definition) is 11. The lowest BCUT2D eigenvalue weighted by Crippen LogP contribution is -2.20. The molecule has 0 amide bonds. The van der Waals surface area contributed by atoms with Gasteiger partial charge in [0.15, 0.2) is 17.5 Å². The molecule has 0 atom stereocenters. The molecule has 4 rings (SSSR count). The van der Waals surface area contributed by atoms with Gasteiger partial charge in [0.1, 0.15) is 23.1 Å². The van der Waals surface area contributed by atoms with Crippen LogP contribution in [0.15, 0.2) is 54.6 Å². The van der Waals surface area contributed by atoms with E-state index in [1.807, 2.05) is 0 Å². The van der Waals surface area contributed by atoms with Crippen LogP contribution in [-0.2, 0) is 4.74 Å². The van der Waals surface area contributed by atoms with Gasteiger partial charge in [-0.3, -0.25) is 10.8 Å². The number of nitrogens with two attached hydrogens (primary N) is 2. The van der Waals surface area contributed by atoms with E-state index in [0.29, 0.717) is 5.69 Å². The van der Waals surface area contributed by atoms with Crippen molar-refractivity contribution in [1.82, 2.24) is 4.98 Å². The minimum Gasteiger partial charge on any atom is -0.507 e. The van der Waals surface area contributed by atoms with Gasteiger partial charge in [0, 0.05) is 11.8 Å². The maximum Gasteiger partial charge on any atom is 0.338 e. The highest BCUT2D eigenvalue weighted by Crippen LogP contribution is 2.46. The van der Waals surface area contributed by atoms with Crippen LogP contribution in [0.5, 0.6) is 52.0 Å². The van der Waals surface area contributed by atoms with Crippen molar-refractivity contribution < 1.29 is 47.1 Å². The maximum atomic E-state index is 16.0. The van der Waals surface area contributed by atoms with E-state index in [2.05, 4.69) is 10.3 Å². The second-order valence-electron chi connectivity index (χ2n) is 9.07. The van der Waals surface area contributed by atoms with Crippen molar-refractivity contribution in [2.75, 3.05) is 26.1 Å². The number of ether oxygens (including phenoxy) is 6. The van der Waals surface area contributed by atoms with E-state index < -0.39 is 40.9 Å². The zero-order valence-electron chi connectivity index (χ0n) is 24.6. The van der Waals surface area contributed by atoms with E-state index in [0.717, 1.165) is 12.1 Å². The Kier molecular flexibility index (Phi) is 9.90. The molecule has 1 heterocycles. The molecule has 0 radical (unpaired) electrons. The number of carbonyl (C=O) groups excluding carboxylic acids is 1. The van der Waals surface area contributed by atoms with Crippen LogP contribution in [0.25, 0.3) is 0 Å². The van der Waals surface area contributed by atoms with Crippen LogP contribution in [-0.4, -0.2) is 48.7 Å². The third-order valence-electron chi connectivity index (χ3n) is 5.95. The molecule has 1 aromatic heterocycles. The molecule has 240 valence electrons. The van der Waals surface area contributed by atoms with E-state index in [-0.39, 0.29) is 58.2 Å². The number of phenolic OH excluding ortho intramolecular Hbond substituents is 1. The number of pyridine rings is 1. The lowest BCUT2D eigenvalue weighted by Gasteiger charge is -2.18. The molecule has 16 heteroatoms. The van der Waals surface area contributed by atoms with Crippen molar-refractivity contribution in [1.29, 1.82) is 10.8 Å². The van der Waals surface area contributed by atoms with E-state index >= 15 is 8.78 Å². The molecule has 8 N–H and O–H groups in total. The maximum absolute atomic E-state index is 16.0. The number of nitrogens with one attached hydrogen (secondary N) is 3. The molecule has 0 saturated heterocycles. The van der Waals surface area contributed by atoms with Gasteiger partial charge in [0.05, 0.1) is 32.0 Å². The average Bonchev–Trinajstić information content (AvgIpc) is 3.02. The van der Waals surface area contributed by atoms with E-state index in [9.17, 15) is 9.90 Å². The quantitative estimate of drug-likeness (QED) is 0.0668. The average molecular weight is 639 g/mol.